The van der Waals surface area contributed by atoms with Gasteiger partial charge in [0.05, 0.1) is 6.04 Å². The maximum atomic E-state index is 12.1. The zero-order chi connectivity index (χ0) is 19.2. The number of nitrogens with zero attached hydrogens (tertiary/aromatic N) is 1. The SMILES string of the molecule is CN(C)C(CNC(=O)/C=C/c1ccc(C(=O)NC2CC2)cc1)c1cccs1. The summed E-state index contributed by atoms with van der Waals surface area (Å²) in [6.45, 7) is 0.553. The molecule has 27 heavy (non-hydrogen) atoms. The summed E-state index contributed by atoms with van der Waals surface area (Å²) in [6, 6.07) is 11.9. The molecule has 6 heteroatoms. The highest BCUT2D eigenvalue weighted by atomic mass is 32.1. The lowest BCUT2D eigenvalue weighted by Crippen LogP contribution is -2.33. The van der Waals surface area contributed by atoms with Crippen molar-refractivity contribution in [2.24, 2.45) is 0 Å². The number of hydrogen-bond acceptors (Lipinski definition) is 4. The highest BCUT2D eigenvalue weighted by molar-refractivity contribution is 7.10. The van der Waals surface area contributed by atoms with Crippen molar-refractivity contribution in [2.45, 2.75) is 24.9 Å². The predicted octanol–water partition coefficient (Wildman–Crippen LogP) is 3.07. The Bertz CT molecular complexity index is 793. The second kappa shape index (κ2) is 8.97. The third-order valence-corrected chi connectivity index (χ3v) is 5.45. The number of benzene rings is 1. The summed E-state index contributed by atoms with van der Waals surface area (Å²) < 4.78 is 0. The van der Waals surface area contributed by atoms with Gasteiger partial charge in [-0.2, -0.15) is 0 Å². The average molecular weight is 384 g/mol. The molecule has 0 spiro atoms. The molecule has 0 saturated heterocycles. The summed E-state index contributed by atoms with van der Waals surface area (Å²) in [7, 11) is 4.01. The third-order valence-electron chi connectivity index (χ3n) is 4.48. The highest BCUT2D eigenvalue weighted by Crippen LogP contribution is 2.22. The Hall–Kier alpha value is -2.44. The average Bonchev–Trinajstić information content (AvgIpc) is 3.30. The van der Waals surface area contributed by atoms with Crippen LogP contribution in [0.15, 0.2) is 47.9 Å². The van der Waals surface area contributed by atoms with Gasteiger partial charge in [0.25, 0.3) is 5.91 Å². The third kappa shape index (κ3) is 5.77. The molecule has 0 aliphatic heterocycles. The molecule has 0 bridgehead atoms. The Morgan fingerprint density at radius 1 is 1.22 bits per heavy atom. The van der Waals surface area contributed by atoms with Gasteiger partial charge in [-0.25, -0.2) is 0 Å². The van der Waals surface area contributed by atoms with Crippen molar-refractivity contribution in [3.05, 3.63) is 63.9 Å². The molecule has 5 nitrogen and oxygen atoms in total. The zero-order valence-electron chi connectivity index (χ0n) is 15.6. The van der Waals surface area contributed by atoms with Crippen LogP contribution in [0, 0.1) is 0 Å². The van der Waals surface area contributed by atoms with Crippen LogP contribution < -0.4 is 10.6 Å². The summed E-state index contributed by atoms with van der Waals surface area (Å²) >= 11 is 1.69. The zero-order valence-corrected chi connectivity index (χ0v) is 16.5. The van der Waals surface area contributed by atoms with Crippen molar-refractivity contribution < 1.29 is 9.59 Å². The fourth-order valence-corrected chi connectivity index (χ4v) is 3.61. The highest BCUT2D eigenvalue weighted by Gasteiger charge is 2.23. The van der Waals surface area contributed by atoms with Crippen molar-refractivity contribution in [3.63, 3.8) is 0 Å². The van der Waals surface area contributed by atoms with E-state index in [0.717, 1.165) is 18.4 Å². The van der Waals surface area contributed by atoms with Gasteiger partial charge < -0.3 is 15.5 Å². The standard InChI is InChI=1S/C21H25N3O2S/c1-24(2)18(19-4-3-13-27-19)14-22-20(25)12-7-15-5-8-16(9-6-15)21(26)23-17-10-11-17/h3-9,12-13,17-18H,10-11,14H2,1-2H3,(H,22,25)(H,23,26)/b12-7+. The summed E-state index contributed by atoms with van der Waals surface area (Å²) in [5, 5.41) is 7.96. The van der Waals surface area contributed by atoms with Crippen LogP contribution >= 0.6 is 11.3 Å². The quantitative estimate of drug-likeness (QED) is 0.689. The lowest BCUT2D eigenvalue weighted by molar-refractivity contribution is -0.116. The summed E-state index contributed by atoms with van der Waals surface area (Å²) in [4.78, 5) is 27.4. The van der Waals surface area contributed by atoms with Crippen LogP contribution in [0.25, 0.3) is 6.08 Å². The Labute approximate surface area is 164 Å². The van der Waals surface area contributed by atoms with Gasteiger partial charge in [-0.15, -0.1) is 11.3 Å². The predicted molar refractivity (Wildman–Crippen MR) is 110 cm³/mol. The smallest absolute Gasteiger partial charge is 0.251 e. The summed E-state index contributed by atoms with van der Waals surface area (Å²) in [5.41, 5.74) is 1.53. The van der Waals surface area contributed by atoms with Crippen LogP contribution in [0.5, 0.6) is 0 Å². The minimum atomic E-state index is -0.131. The topological polar surface area (TPSA) is 61.4 Å². The Kier molecular flexibility index (Phi) is 6.42. The molecule has 0 radical (unpaired) electrons. The lowest BCUT2D eigenvalue weighted by Gasteiger charge is -2.23. The first-order valence-electron chi connectivity index (χ1n) is 9.09. The minimum absolute atomic E-state index is 0.0333. The minimum Gasteiger partial charge on any atom is -0.351 e. The van der Waals surface area contributed by atoms with E-state index in [1.807, 2.05) is 37.7 Å². The second-order valence-corrected chi connectivity index (χ2v) is 7.92. The van der Waals surface area contributed by atoms with E-state index >= 15 is 0 Å². The van der Waals surface area contributed by atoms with Gasteiger partial charge in [0.2, 0.25) is 5.91 Å². The number of thiophene rings is 1. The van der Waals surface area contributed by atoms with Crippen LogP contribution in [0.3, 0.4) is 0 Å². The maximum absolute atomic E-state index is 12.1. The first-order valence-corrected chi connectivity index (χ1v) is 9.97. The first kappa shape index (κ1) is 19.3. The number of rotatable bonds is 8. The summed E-state index contributed by atoms with van der Waals surface area (Å²) in [5.74, 6) is -0.164. The molecule has 1 unspecified atom stereocenters. The first-order chi connectivity index (χ1) is 13.0. The molecule has 2 aromatic rings. The van der Waals surface area contributed by atoms with Gasteiger partial charge >= 0.3 is 0 Å². The van der Waals surface area contributed by atoms with E-state index in [9.17, 15) is 9.59 Å². The second-order valence-electron chi connectivity index (χ2n) is 6.94. The van der Waals surface area contributed by atoms with E-state index in [1.54, 1.807) is 29.5 Å². The monoisotopic (exact) mass is 383 g/mol. The van der Waals surface area contributed by atoms with Gasteiger partial charge in [-0.1, -0.05) is 18.2 Å². The molecular formula is C21H25N3O2S. The maximum Gasteiger partial charge on any atom is 0.251 e. The van der Waals surface area contributed by atoms with E-state index in [0.29, 0.717) is 18.2 Å². The number of carbonyl (C=O) groups is 2. The van der Waals surface area contributed by atoms with Gasteiger partial charge in [0, 0.05) is 29.1 Å². The van der Waals surface area contributed by atoms with E-state index in [2.05, 4.69) is 21.6 Å². The molecule has 1 atom stereocenters. The van der Waals surface area contributed by atoms with Crippen LogP contribution in [0.4, 0.5) is 0 Å². The van der Waals surface area contributed by atoms with Gasteiger partial charge in [0.15, 0.2) is 0 Å². The fraction of sp³-hybridized carbons (Fsp3) is 0.333. The van der Waals surface area contributed by atoms with Crippen molar-refractivity contribution in [1.82, 2.24) is 15.5 Å². The number of carbonyl (C=O) groups excluding carboxylic acids is 2. The molecule has 1 heterocycles. The Morgan fingerprint density at radius 2 is 1.96 bits per heavy atom. The lowest BCUT2D eigenvalue weighted by atomic mass is 10.1. The van der Waals surface area contributed by atoms with Crippen LogP contribution in [0.2, 0.25) is 0 Å². The van der Waals surface area contributed by atoms with E-state index in [-0.39, 0.29) is 17.9 Å². The van der Waals surface area contributed by atoms with Gasteiger partial charge in [0.1, 0.15) is 0 Å². The largest absolute Gasteiger partial charge is 0.351 e. The van der Waals surface area contributed by atoms with Gasteiger partial charge in [-0.05, 0) is 62.2 Å². The molecule has 2 N–H and O–H groups in total. The molecule has 1 aliphatic carbocycles. The van der Waals surface area contributed by atoms with Crippen molar-refractivity contribution in [1.29, 1.82) is 0 Å². The normalized spacial score (nSPS) is 15.1. The Morgan fingerprint density at radius 3 is 2.56 bits per heavy atom. The van der Waals surface area contributed by atoms with Crippen molar-refractivity contribution >= 4 is 29.2 Å². The van der Waals surface area contributed by atoms with Crippen LogP contribution in [-0.2, 0) is 4.79 Å². The molecule has 1 fully saturated rings. The Balaban J connectivity index is 1.50. The number of likely N-dealkylation sites (N-methyl/N-ethyl adjacent to an activating group) is 1. The molecule has 2 amide bonds. The molecule has 1 aliphatic rings. The molecule has 1 saturated carbocycles. The molecule has 1 aromatic carbocycles. The van der Waals surface area contributed by atoms with Crippen LogP contribution in [-0.4, -0.2) is 43.4 Å². The van der Waals surface area contributed by atoms with Gasteiger partial charge in [-0.3, -0.25) is 9.59 Å². The molecule has 1 aromatic heterocycles. The molecule has 3 rings (SSSR count). The van der Waals surface area contributed by atoms with Crippen LogP contribution in [0.1, 0.15) is 39.7 Å². The van der Waals surface area contributed by atoms with Crippen molar-refractivity contribution in [2.75, 3.05) is 20.6 Å². The fourth-order valence-electron chi connectivity index (χ4n) is 2.69. The van der Waals surface area contributed by atoms with E-state index in [4.69, 9.17) is 0 Å². The summed E-state index contributed by atoms with van der Waals surface area (Å²) in [6.07, 6.45) is 5.43. The number of nitrogens with one attached hydrogen (secondary N) is 2. The number of hydrogen-bond donors (Lipinski definition) is 2. The van der Waals surface area contributed by atoms with E-state index < -0.39 is 0 Å². The van der Waals surface area contributed by atoms with E-state index in [1.165, 1.54) is 11.0 Å². The molecular weight excluding hydrogens is 358 g/mol. The number of amides is 2. The van der Waals surface area contributed by atoms with Crippen molar-refractivity contribution in [3.8, 4) is 0 Å². The molecule has 142 valence electrons.